The lowest BCUT2D eigenvalue weighted by molar-refractivity contribution is 0.0600. The zero-order chi connectivity index (χ0) is 22.3. The lowest BCUT2D eigenvalue weighted by atomic mass is 10.00. The van der Waals surface area contributed by atoms with Gasteiger partial charge < -0.3 is 19.1 Å². The summed E-state index contributed by atoms with van der Waals surface area (Å²) in [6.45, 7) is 6.55. The molecular formula is C23H32N4O4S. The largest absolute Gasteiger partial charge is 0.493 e. The van der Waals surface area contributed by atoms with Gasteiger partial charge in [-0.2, -0.15) is 0 Å². The third-order valence-electron chi connectivity index (χ3n) is 6.03. The summed E-state index contributed by atoms with van der Waals surface area (Å²) in [5, 5.41) is 9.98. The summed E-state index contributed by atoms with van der Waals surface area (Å²) < 4.78 is 18.7. The molecule has 0 saturated carbocycles. The van der Waals surface area contributed by atoms with Gasteiger partial charge in [-0.1, -0.05) is 18.7 Å². The number of piperidine rings is 1. The first kappa shape index (κ1) is 22.9. The average molecular weight is 461 g/mol. The second-order valence-electron chi connectivity index (χ2n) is 8.41. The van der Waals surface area contributed by atoms with Crippen LogP contribution in [-0.4, -0.2) is 66.0 Å². The smallest absolute Gasteiger partial charge is 0.337 e. The van der Waals surface area contributed by atoms with Crippen LogP contribution in [0.3, 0.4) is 0 Å². The first-order valence-electron chi connectivity index (χ1n) is 11.4. The quantitative estimate of drug-likeness (QED) is 0.319. The van der Waals surface area contributed by atoms with E-state index in [2.05, 4.69) is 26.6 Å². The number of carbonyl (C=O) groups excluding carboxylic acids is 1. The fourth-order valence-electron chi connectivity index (χ4n) is 4.08. The van der Waals surface area contributed by atoms with E-state index in [9.17, 15) is 4.79 Å². The van der Waals surface area contributed by atoms with Crippen LogP contribution in [0.25, 0.3) is 0 Å². The number of esters is 1. The molecule has 0 radical (unpaired) electrons. The third kappa shape index (κ3) is 5.75. The first-order valence-corrected chi connectivity index (χ1v) is 12.4. The fourth-order valence-corrected chi connectivity index (χ4v) is 4.84. The normalized spacial score (nSPS) is 19.3. The maximum atomic E-state index is 11.5. The maximum Gasteiger partial charge on any atom is 0.337 e. The number of hydrogen-bond acceptors (Lipinski definition) is 8. The highest BCUT2D eigenvalue weighted by atomic mass is 32.2. The molecule has 0 bridgehead atoms. The standard InChI is InChI=1S/C23H32N4O4S/c1-17-9-11-26(12-10-17)22-24-25-23(27(22)16-20-4-3-13-30-20)32-15-14-31-19-7-5-18(6-8-19)21(28)29-2/h5-8,17,20H,3-4,9-16H2,1-2H3. The lowest BCUT2D eigenvalue weighted by Crippen LogP contribution is -2.35. The number of benzene rings is 1. The van der Waals surface area contributed by atoms with Crippen LogP contribution in [-0.2, 0) is 16.0 Å². The predicted molar refractivity (Wildman–Crippen MR) is 124 cm³/mol. The average Bonchev–Trinajstić information content (AvgIpc) is 3.48. The van der Waals surface area contributed by atoms with Crippen LogP contribution in [0, 0.1) is 5.92 Å². The highest BCUT2D eigenvalue weighted by Crippen LogP contribution is 2.28. The van der Waals surface area contributed by atoms with E-state index >= 15 is 0 Å². The molecule has 2 aliphatic rings. The molecule has 0 amide bonds. The van der Waals surface area contributed by atoms with Crippen molar-refractivity contribution in [3.63, 3.8) is 0 Å². The molecule has 1 aromatic heterocycles. The minimum atomic E-state index is -0.350. The Balaban J connectivity index is 1.35. The molecule has 0 N–H and O–H groups in total. The van der Waals surface area contributed by atoms with Crippen LogP contribution in [0.15, 0.2) is 29.4 Å². The van der Waals surface area contributed by atoms with Crippen molar-refractivity contribution in [2.24, 2.45) is 5.92 Å². The Kier molecular flexibility index (Phi) is 7.91. The molecule has 0 spiro atoms. The molecule has 2 fully saturated rings. The van der Waals surface area contributed by atoms with E-state index < -0.39 is 0 Å². The van der Waals surface area contributed by atoms with Crippen LogP contribution >= 0.6 is 11.8 Å². The topological polar surface area (TPSA) is 78.7 Å². The van der Waals surface area contributed by atoms with Gasteiger partial charge in [0.15, 0.2) is 5.16 Å². The summed E-state index contributed by atoms with van der Waals surface area (Å²) in [5.74, 6) is 2.86. The number of methoxy groups -OCH3 is 1. The van der Waals surface area contributed by atoms with Gasteiger partial charge in [0.1, 0.15) is 5.75 Å². The van der Waals surface area contributed by atoms with Crippen LogP contribution < -0.4 is 9.64 Å². The van der Waals surface area contributed by atoms with Gasteiger partial charge in [-0.15, -0.1) is 10.2 Å². The highest BCUT2D eigenvalue weighted by Gasteiger charge is 2.25. The van der Waals surface area contributed by atoms with Gasteiger partial charge >= 0.3 is 5.97 Å². The monoisotopic (exact) mass is 460 g/mol. The van der Waals surface area contributed by atoms with Crippen molar-refractivity contribution in [3.8, 4) is 5.75 Å². The van der Waals surface area contributed by atoms with Crippen molar-refractivity contribution >= 4 is 23.7 Å². The van der Waals surface area contributed by atoms with Crippen LogP contribution in [0.5, 0.6) is 5.75 Å². The minimum Gasteiger partial charge on any atom is -0.493 e. The fraction of sp³-hybridized carbons (Fsp3) is 0.609. The van der Waals surface area contributed by atoms with Gasteiger partial charge in [-0.05, 0) is 55.9 Å². The molecule has 1 aromatic carbocycles. The van der Waals surface area contributed by atoms with E-state index in [-0.39, 0.29) is 12.1 Å². The van der Waals surface area contributed by atoms with Crippen LogP contribution in [0.1, 0.15) is 43.0 Å². The van der Waals surface area contributed by atoms with E-state index in [0.717, 1.165) is 67.6 Å². The van der Waals surface area contributed by atoms with Gasteiger partial charge in [0.05, 0.1) is 31.9 Å². The van der Waals surface area contributed by atoms with Crippen molar-refractivity contribution in [2.45, 2.75) is 50.4 Å². The Morgan fingerprint density at radius 3 is 2.66 bits per heavy atom. The third-order valence-corrected chi connectivity index (χ3v) is 6.96. The van der Waals surface area contributed by atoms with Crippen molar-refractivity contribution in [3.05, 3.63) is 29.8 Å². The molecule has 3 heterocycles. The molecule has 9 heteroatoms. The molecule has 1 unspecified atom stereocenters. The van der Waals surface area contributed by atoms with Gasteiger partial charge in [0.25, 0.3) is 0 Å². The van der Waals surface area contributed by atoms with E-state index in [1.165, 1.54) is 20.0 Å². The molecule has 4 rings (SSSR count). The Morgan fingerprint density at radius 2 is 1.97 bits per heavy atom. The Hall–Kier alpha value is -2.26. The number of carbonyl (C=O) groups is 1. The molecule has 8 nitrogen and oxygen atoms in total. The predicted octanol–water partition coefficient (Wildman–Crippen LogP) is 3.65. The molecule has 2 aromatic rings. The summed E-state index contributed by atoms with van der Waals surface area (Å²) in [4.78, 5) is 13.9. The zero-order valence-corrected chi connectivity index (χ0v) is 19.7. The second-order valence-corrected chi connectivity index (χ2v) is 9.47. The lowest BCUT2D eigenvalue weighted by Gasteiger charge is -2.31. The summed E-state index contributed by atoms with van der Waals surface area (Å²) in [5.41, 5.74) is 0.510. The van der Waals surface area contributed by atoms with E-state index in [4.69, 9.17) is 14.2 Å². The number of aromatic nitrogens is 3. The molecule has 32 heavy (non-hydrogen) atoms. The zero-order valence-electron chi connectivity index (χ0n) is 18.9. The number of rotatable bonds is 9. The SMILES string of the molecule is COC(=O)c1ccc(OCCSc2nnc(N3CCC(C)CC3)n2CC2CCCO2)cc1. The molecule has 2 aliphatic heterocycles. The summed E-state index contributed by atoms with van der Waals surface area (Å²) in [7, 11) is 1.37. The Morgan fingerprint density at radius 1 is 1.19 bits per heavy atom. The minimum absolute atomic E-state index is 0.234. The molecule has 1 atom stereocenters. The molecule has 174 valence electrons. The van der Waals surface area contributed by atoms with Crippen LogP contribution in [0.2, 0.25) is 0 Å². The highest BCUT2D eigenvalue weighted by molar-refractivity contribution is 7.99. The number of nitrogens with zero attached hydrogens (tertiary/aromatic N) is 4. The van der Waals surface area contributed by atoms with Crippen molar-refractivity contribution < 1.29 is 19.0 Å². The molecule has 0 aliphatic carbocycles. The van der Waals surface area contributed by atoms with Crippen molar-refractivity contribution in [1.82, 2.24) is 14.8 Å². The molecular weight excluding hydrogens is 428 g/mol. The van der Waals surface area contributed by atoms with Crippen molar-refractivity contribution in [2.75, 3.05) is 44.1 Å². The summed E-state index contributed by atoms with van der Waals surface area (Å²) >= 11 is 1.65. The van der Waals surface area contributed by atoms with Gasteiger partial charge in [-0.3, -0.25) is 4.57 Å². The van der Waals surface area contributed by atoms with Crippen molar-refractivity contribution in [1.29, 1.82) is 0 Å². The van der Waals surface area contributed by atoms with Gasteiger partial charge in [0.2, 0.25) is 5.95 Å². The Labute approximate surface area is 193 Å². The van der Waals surface area contributed by atoms with Gasteiger partial charge in [-0.25, -0.2) is 4.79 Å². The maximum absolute atomic E-state index is 11.5. The number of anilines is 1. The molecule has 2 saturated heterocycles. The Bertz CT molecular complexity index is 875. The van der Waals surface area contributed by atoms with E-state index in [1.807, 2.05) is 0 Å². The second kappa shape index (κ2) is 11.0. The first-order chi connectivity index (χ1) is 15.6. The number of ether oxygens (including phenoxy) is 3. The van der Waals surface area contributed by atoms with E-state index in [1.54, 1.807) is 36.0 Å². The summed E-state index contributed by atoms with van der Waals surface area (Å²) in [6.07, 6.45) is 4.82. The number of thioether (sulfide) groups is 1. The van der Waals surface area contributed by atoms with Crippen LogP contribution in [0.4, 0.5) is 5.95 Å². The summed E-state index contributed by atoms with van der Waals surface area (Å²) in [6, 6.07) is 6.98. The van der Waals surface area contributed by atoms with E-state index in [0.29, 0.717) is 12.2 Å². The number of hydrogen-bond donors (Lipinski definition) is 0. The van der Waals surface area contributed by atoms with Gasteiger partial charge in [0, 0.05) is 25.4 Å².